The van der Waals surface area contributed by atoms with E-state index in [0.29, 0.717) is 56.0 Å². The first-order valence-corrected chi connectivity index (χ1v) is 22.1. The molecule has 0 spiro atoms. The molecule has 5 rings (SSSR count). The van der Waals surface area contributed by atoms with E-state index in [0.717, 1.165) is 42.2 Å². The van der Waals surface area contributed by atoms with Gasteiger partial charge in [-0.05, 0) is 97.1 Å². The Morgan fingerprint density at radius 3 is 2.16 bits per heavy atom. The monoisotopic (exact) mass is 887 g/mol. The van der Waals surface area contributed by atoms with E-state index in [1.54, 1.807) is 65.8 Å². The van der Waals surface area contributed by atoms with Gasteiger partial charge in [-0.25, -0.2) is 24.4 Å². The second kappa shape index (κ2) is 21.3. The molecule has 1 aliphatic heterocycles. The molecule has 1 atom stereocenters. The molecule has 322 valence electrons. The summed E-state index contributed by atoms with van der Waals surface area (Å²) in [5.74, 6) is 0.804. The molecule has 61 heavy (non-hydrogen) atoms. The Bertz CT molecular complexity index is 2240. The Hall–Kier alpha value is -5.55. The summed E-state index contributed by atoms with van der Waals surface area (Å²) in [7, 11) is 0. The maximum Gasteiger partial charge on any atom is 0.408 e. The molecular formula is C44H50ClN7O7S2. The van der Waals surface area contributed by atoms with Crippen molar-refractivity contribution in [1.29, 1.82) is 10.5 Å². The van der Waals surface area contributed by atoms with Crippen LogP contribution in [0.15, 0.2) is 58.9 Å². The largest absolute Gasteiger partial charge is 0.490 e. The molecule has 1 saturated heterocycles. The van der Waals surface area contributed by atoms with E-state index in [2.05, 4.69) is 27.7 Å². The van der Waals surface area contributed by atoms with Crippen molar-refractivity contribution < 1.29 is 33.3 Å². The van der Waals surface area contributed by atoms with Crippen molar-refractivity contribution in [2.45, 2.75) is 95.2 Å². The number of pyridine rings is 1. The second-order valence-electron chi connectivity index (χ2n) is 16.0. The Balaban J connectivity index is 1.25. The zero-order valence-electron chi connectivity index (χ0n) is 35.1. The number of nitrogens with zero attached hydrogens (tertiary/aromatic N) is 5. The Labute approximate surface area is 369 Å². The smallest absolute Gasteiger partial charge is 0.408 e. The van der Waals surface area contributed by atoms with E-state index in [-0.39, 0.29) is 26.2 Å². The van der Waals surface area contributed by atoms with E-state index in [9.17, 15) is 24.9 Å². The zero-order chi connectivity index (χ0) is 44.2. The van der Waals surface area contributed by atoms with Gasteiger partial charge >= 0.3 is 18.2 Å². The van der Waals surface area contributed by atoms with Crippen LogP contribution < -0.4 is 20.3 Å². The number of aromatic nitrogens is 2. The van der Waals surface area contributed by atoms with Crippen LogP contribution in [0.5, 0.6) is 5.75 Å². The number of ether oxygens (including phenoxy) is 4. The van der Waals surface area contributed by atoms with Crippen molar-refractivity contribution in [1.82, 2.24) is 20.6 Å². The summed E-state index contributed by atoms with van der Waals surface area (Å²) < 4.78 is 21.9. The third-order valence-electron chi connectivity index (χ3n) is 8.83. The first-order valence-electron chi connectivity index (χ1n) is 19.9. The number of thiazole rings is 1. The van der Waals surface area contributed by atoms with Crippen LogP contribution in [0.2, 0.25) is 5.02 Å². The van der Waals surface area contributed by atoms with Gasteiger partial charge in [0.25, 0.3) is 0 Å². The standard InChI is InChI=1S/C44H50ClN7O7S2/c1-43(2,3)58-41(54)48-19-9-10-35(50-42(55)59-44(4,5)6)40(53)57-23-22-56-32-17-13-28(14-18-32)36-33(24-46)37(52-20-7-8-21-52)51-39(34(36)25-47)61-27-31-26-60-38(49-31)29-11-15-30(45)16-12-29/h11-18,26,35H,7-10,19-23,27H2,1-6H3,(H,48,54)(H,50,55)/t35-/m0/s1. The van der Waals surface area contributed by atoms with Gasteiger partial charge in [0.1, 0.15) is 69.8 Å². The molecule has 3 heterocycles. The summed E-state index contributed by atoms with van der Waals surface area (Å²) in [5, 5.41) is 30.3. The zero-order valence-corrected chi connectivity index (χ0v) is 37.5. The SMILES string of the molecule is CC(C)(C)OC(=O)NCCC[C@H](NC(=O)OC(C)(C)C)C(=O)OCCOc1ccc(-c2c(C#N)c(SCc3csc(-c4ccc(Cl)cc4)n3)nc(N3CCCC3)c2C#N)cc1. The number of halogens is 1. The summed E-state index contributed by atoms with van der Waals surface area (Å²) in [4.78, 5) is 49.5. The minimum absolute atomic E-state index is 0.00282. The number of nitriles is 2. The van der Waals surface area contributed by atoms with Gasteiger partial charge < -0.3 is 34.5 Å². The molecule has 2 amide bonds. The van der Waals surface area contributed by atoms with Crippen LogP contribution >= 0.6 is 34.7 Å². The average Bonchev–Trinajstić information content (AvgIpc) is 3.92. The van der Waals surface area contributed by atoms with Crippen LogP contribution in [0.4, 0.5) is 15.4 Å². The molecule has 17 heteroatoms. The van der Waals surface area contributed by atoms with E-state index in [1.165, 1.54) is 23.1 Å². The van der Waals surface area contributed by atoms with Crippen molar-refractivity contribution in [3.8, 4) is 39.6 Å². The lowest BCUT2D eigenvalue weighted by Crippen LogP contribution is -2.45. The predicted molar refractivity (Wildman–Crippen MR) is 236 cm³/mol. The van der Waals surface area contributed by atoms with Crippen molar-refractivity contribution in [3.05, 3.63) is 75.8 Å². The highest BCUT2D eigenvalue weighted by Crippen LogP contribution is 2.40. The number of nitrogens with one attached hydrogen (secondary N) is 2. The predicted octanol–water partition coefficient (Wildman–Crippen LogP) is 9.28. The van der Waals surface area contributed by atoms with Crippen LogP contribution in [0.25, 0.3) is 21.7 Å². The van der Waals surface area contributed by atoms with Crippen LogP contribution in [0.1, 0.15) is 84.0 Å². The highest BCUT2D eigenvalue weighted by Gasteiger charge is 2.28. The van der Waals surface area contributed by atoms with Crippen molar-refractivity contribution in [3.63, 3.8) is 0 Å². The summed E-state index contributed by atoms with van der Waals surface area (Å²) in [6.45, 7) is 12.0. The lowest BCUT2D eigenvalue weighted by molar-refractivity contribution is -0.147. The highest BCUT2D eigenvalue weighted by molar-refractivity contribution is 7.98. The fourth-order valence-electron chi connectivity index (χ4n) is 6.18. The average molecular weight is 889 g/mol. The summed E-state index contributed by atoms with van der Waals surface area (Å²) in [5.41, 5.74) is 2.14. The van der Waals surface area contributed by atoms with Crippen LogP contribution in [0.3, 0.4) is 0 Å². The van der Waals surface area contributed by atoms with Crippen molar-refractivity contribution in [2.75, 3.05) is 37.7 Å². The lowest BCUT2D eigenvalue weighted by atomic mass is 9.96. The molecule has 0 bridgehead atoms. The number of anilines is 1. The van der Waals surface area contributed by atoms with Gasteiger partial charge in [0.15, 0.2) is 0 Å². The van der Waals surface area contributed by atoms with Gasteiger partial charge in [-0.3, -0.25) is 0 Å². The number of esters is 1. The van der Waals surface area contributed by atoms with Crippen molar-refractivity contribution >= 4 is 58.7 Å². The molecule has 2 aromatic carbocycles. The number of amides is 2. The molecular weight excluding hydrogens is 838 g/mol. The third-order valence-corrected chi connectivity index (χ3v) is 11.0. The maximum atomic E-state index is 13.1. The van der Waals surface area contributed by atoms with Gasteiger partial charge in [-0.1, -0.05) is 47.6 Å². The number of hydrogen-bond donors (Lipinski definition) is 2. The first-order chi connectivity index (χ1) is 29.0. The molecule has 14 nitrogen and oxygen atoms in total. The summed E-state index contributed by atoms with van der Waals surface area (Å²) >= 11 is 9.01. The molecule has 0 unspecified atom stereocenters. The molecule has 1 aliphatic rings. The first kappa shape index (κ1) is 46.5. The Morgan fingerprint density at radius 2 is 1.52 bits per heavy atom. The van der Waals surface area contributed by atoms with Crippen LogP contribution in [-0.2, 0) is 24.8 Å². The van der Waals surface area contributed by atoms with Gasteiger partial charge in [0, 0.05) is 46.9 Å². The third kappa shape index (κ3) is 14.0. The topological polar surface area (TPSA) is 189 Å². The molecule has 1 fully saturated rings. The van der Waals surface area contributed by atoms with E-state index < -0.39 is 35.4 Å². The molecule has 0 aliphatic carbocycles. The van der Waals surface area contributed by atoms with Crippen LogP contribution in [-0.4, -0.2) is 78.2 Å². The minimum atomic E-state index is -1.04. The minimum Gasteiger partial charge on any atom is -0.490 e. The van der Waals surface area contributed by atoms with Crippen molar-refractivity contribution in [2.24, 2.45) is 0 Å². The van der Waals surface area contributed by atoms with Crippen LogP contribution in [0, 0.1) is 22.7 Å². The lowest BCUT2D eigenvalue weighted by Gasteiger charge is -2.23. The Kier molecular flexibility index (Phi) is 16.2. The number of benzene rings is 2. The van der Waals surface area contributed by atoms with Gasteiger partial charge in [-0.2, -0.15) is 10.5 Å². The van der Waals surface area contributed by atoms with Gasteiger partial charge in [0.05, 0.1) is 11.3 Å². The maximum absolute atomic E-state index is 13.1. The highest BCUT2D eigenvalue weighted by atomic mass is 35.5. The normalized spacial score (nSPS) is 13.1. The summed E-state index contributed by atoms with van der Waals surface area (Å²) in [6.07, 6.45) is 1.10. The fourth-order valence-corrected chi connectivity index (χ4v) is 8.12. The number of thioether (sulfide) groups is 1. The number of carbonyl (C=O) groups is 3. The molecule has 2 N–H and O–H groups in total. The quantitative estimate of drug-likeness (QED) is 0.0469. The van der Waals surface area contributed by atoms with Gasteiger partial charge in [0.2, 0.25) is 0 Å². The number of carbonyl (C=O) groups excluding carboxylic acids is 3. The molecule has 2 aromatic heterocycles. The number of alkyl carbamates (subject to hydrolysis) is 2. The molecule has 4 aromatic rings. The Morgan fingerprint density at radius 1 is 0.885 bits per heavy atom. The second-order valence-corrected chi connectivity index (χ2v) is 18.3. The molecule has 0 radical (unpaired) electrons. The van der Waals surface area contributed by atoms with E-state index in [4.69, 9.17) is 40.5 Å². The molecule has 0 saturated carbocycles. The van der Waals surface area contributed by atoms with E-state index in [1.807, 2.05) is 29.6 Å². The van der Waals surface area contributed by atoms with Gasteiger partial charge in [-0.15, -0.1) is 11.3 Å². The fraction of sp³-hybridized carbons (Fsp3) is 0.432. The summed E-state index contributed by atoms with van der Waals surface area (Å²) in [6, 6.07) is 18.2. The van der Waals surface area contributed by atoms with E-state index >= 15 is 0 Å². The number of rotatable bonds is 16. The number of hydrogen-bond acceptors (Lipinski definition) is 14.